The van der Waals surface area contributed by atoms with Crippen LogP contribution < -0.4 is 4.90 Å². The quantitative estimate of drug-likeness (QED) is 0.847. The van der Waals surface area contributed by atoms with Crippen LogP contribution in [0.25, 0.3) is 11.1 Å². The lowest BCUT2D eigenvalue weighted by Gasteiger charge is -2.15. The number of anilines is 1. The Morgan fingerprint density at radius 1 is 1.04 bits per heavy atom. The van der Waals surface area contributed by atoms with Crippen molar-refractivity contribution < 1.29 is 19.5 Å². The summed E-state index contributed by atoms with van der Waals surface area (Å²) in [6, 6.07) is 17.0. The van der Waals surface area contributed by atoms with Gasteiger partial charge in [0.2, 0.25) is 11.8 Å². The number of carboxylic acids is 1. The van der Waals surface area contributed by atoms with E-state index in [0.29, 0.717) is 5.69 Å². The van der Waals surface area contributed by atoms with Gasteiger partial charge >= 0.3 is 5.97 Å². The Labute approximate surface area is 143 Å². The lowest BCUT2D eigenvalue weighted by atomic mass is 10.1. The molecule has 1 atom stereocenters. The number of rotatable bonds is 5. The van der Waals surface area contributed by atoms with Crippen molar-refractivity contribution in [2.45, 2.75) is 11.7 Å². The normalized spacial score (nSPS) is 17.3. The third kappa shape index (κ3) is 3.33. The topological polar surface area (TPSA) is 74.7 Å². The van der Waals surface area contributed by atoms with Crippen LogP contribution in [-0.4, -0.2) is 33.9 Å². The summed E-state index contributed by atoms with van der Waals surface area (Å²) in [4.78, 5) is 36.3. The largest absolute Gasteiger partial charge is 0.481 e. The number of carboxylic acid groups (broad SMARTS) is 1. The van der Waals surface area contributed by atoms with Gasteiger partial charge in [0.05, 0.1) is 16.7 Å². The maximum Gasteiger partial charge on any atom is 0.313 e. The minimum absolute atomic E-state index is 0.0389. The van der Waals surface area contributed by atoms with Crippen molar-refractivity contribution in [2.75, 3.05) is 10.7 Å². The molecule has 2 aromatic rings. The van der Waals surface area contributed by atoms with Gasteiger partial charge in [0.1, 0.15) is 0 Å². The highest BCUT2D eigenvalue weighted by atomic mass is 32.2. The Morgan fingerprint density at radius 2 is 1.67 bits per heavy atom. The molecular weight excluding hydrogens is 326 g/mol. The van der Waals surface area contributed by atoms with Crippen LogP contribution in [0.2, 0.25) is 0 Å². The molecule has 2 amide bonds. The highest BCUT2D eigenvalue weighted by molar-refractivity contribution is 8.01. The van der Waals surface area contributed by atoms with Crippen LogP contribution >= 0.6 is 11.8 Å². The first-order valence-electron chi connectivity index (χ1n) is 7.42. The van der Waals surface area contributed by atoms with E-state index in [1.165, 1.54) is 0 Å². The van der Waals surface area contributed by atoms with Crippen LogP contribution in [0.1, 0.15) is 6.42 Å². The minimum atomic E-state index is -0.995. The van der Waals surface area contributed by atoms with E-state index in [9.17, 15) is 14.4 Å². The molecule has 6 heteroatoms. The maximum absolute atomic E-state index is 12.4. The van der Waals surface area contributed by atoms with Crippen LogP contribution in [0.3, 0.4) is 0 Å². The van der Waals surface area contributed by atoms with E-state index in [2.05, 4.69) is 0 Å². The predicted octanol–water partition coefficient (Wildman–Crippen LogP) is 2.80. The molecule has 122 valence electrons. The number of nitrogens with zero attached hydrogens (tertiary/aromatic N) is 1. The Bertz CT molecular complexity index is 773. The number of carbonyl (C=O) groups excluding carboxylic acids is 2. The smallest absolute Gasteiger partial charge is 0.313 e. The second-order valence-electron chi connectivity index (χ2n) is 5.38. The zero-order chi connectivity index (χ0) is 17.1. The summed E-state index contributed by atoms with van der Waals surface area (Å²) < 4.78 is 0. The average molecular weight is 341 g/mol. The van der Waals surface area contributed by atoms with Gasteiger partial charge < -0.3 is 5.11 Å². The molecule has 1 N–H and O–H groups in total. The predicted molar refractivity (Wildman–Crippen MR) is 92.9 cm³/mol. The second kappa shape index (κ2) is 6.88. The van der Waals surface area contributed by atoms with E-state index in [-0.39, 0.29) is 24.0 Å². The van der Waals surface area contributed by atoms with Gasteiger partial charge in [0.15, 0.2) is 0 Å². The maximum atomic E-state index is 12.4. The lowest BCUT2D eigenvalue weighted by Crippen LogP contribution is -2.31. The molecule has 1 heterocycles. The number of imide groups is 1. The van der Waals surface area contributed by atoms with Crippen molar-refractivity contribution in [3.05, 3.63) is 54.6 Å². The SMILES string of the molecule is O=C(O)CSC1CC(=O)N(c2ccc(-c3ccccc3)cc2)C1=O. The van der Waals surface area contributed by atoms with Gasteiger partial charge in [0.25, 0.3) is 0 Å². The number of hydrogen-bond acceptors (Lipinski definition) is 4. The summed E-state index contributed by atoms with van der Waals surface area (Å²) in [5, 5.41) is 8.09. The zero-order valence-corrected chi connectivity index (χ0v) is 13.5. The van der Waals surface area contributed by atoms with E-state index in [1.807, 2.05) is 42.5 Å². The molecule has 1 saturated heterocycles. The molecule has 1 fully saturated rings. The van der Waals surface area contributed by atoms with E-state index < -0.39 is 11.2 Å². The van der Waals surface area contributed by atoms with Crippen molar-refractivity contribution >= 4 is 35.2 Å². The highest BCUT2D eigenvalue weighted by Gasteiger charge is 2.39. The number of benzene rings is 2. The Morgan fingerprint density at radius 3 is 2.29 bits per heavy atom. The molecule has 24 heavy (non-hydrogen) atoms. The summed E-state index contributed by atoms with van der Waals surface area (Å²) >= 11 is 0.991. The lowest BCUT2D eigenvalue weighted by molar-refractivity contribution is -0.134. The molecule has 5 nitrogen and oxygen atoms in total. The second-order valence-corrected chi connectivity index (χ2v) is 6.57. The van der Waals surface area contributed by atoms with E-state index >= 15 is 0 Å². The molecule has 0 aliphatic carbocycles. The molecule has 0 saturated carbocycles. The van der Waals surface area contributed by atoms with Crippen LogP contribution in [-0.2, 0) is 14.4 Å². The molecule has 1 unspecified atom stereocenters. The number of aliphatic carboxylic acids is 1. The van der Waals surface area contributed by atoms with Gasteiger partial charge in [-0.25, -0.2) is 4.90 Å². The van der Waals surface area contributed by atoms with Gasteiger partial charge in [-0.2, -0.15) is 0 Å². The first-order valence-corrected chi connectivity index (χ1v) is 8.47. The average Bonchev–Trinajstić information content (AvgIpc) is 2.88. The summed E-state index contributed by atoms with van der Waals surface area (Å²) in [5.41, 5.74) is 2.57. The minimum Gasteiger partial charge on any atom is -0.481 e. The molecule has 3 rings (SSSR count). The number of thioether (sulfide) groups is 1. The Hall–Kier alpha value is -2.60. The van der Waals surface area contributed by atoms with Crippen molar-refractivity contribution in [1.82, 2.24) is 0 Å². The summed E-state index contributed by atoms with van der Waals surface area (Å²) in [6.45, 7) is 0. The van der Waals surface area contributed by atoms with E-state index in [1.54, 1.807) is 12.1 Å². The molecule has 1 aliphatic heterocycles. The molecule has 0 aromatic heterocycles. The van der Waals surface area contributed by atoms with Crippen molar-refractivity contribution in [2.24, 2.45) is 0 Å². The molecule has 0 spiro atoms. The van der Waals surface area contributed by atoms with Gasteiger partial charge in [-0.1, -0.05) is 42.5 Å². The van der Waals surface area contributed by atoms with Gasteiger partial charge in [-0.3, -0.25) is 14.4 Å². The molecular formula is C18H15NO4S. The first kappa shape index (κ1) is 16.3. The third-order valence-corrected chi connectivity index (χ3v) is 4.93. The number of carbonyl (C=O) groups is 3. The fourth-order valence-electron chi connectivity index (χ4n) is 2.61. The van der Waals surface area contributed by atoms with Gasteiger partial charge in [-0.15, -0.1) is 11.8 Å². The summed E-state index contributed by atoms with van der Waals surface area (Å²) in [7, 11) is 0. The summed E-state index contributed by atoms with van der Waals surface area (Å²) in [5.74, 6) is -1.83. The van der Waals surface area contributed by atoms with Crippen molar-refractivity contribution in [3.8, 4) is 11.1 Å². The number of amides is 2. The molecule has 2 aromatic carbocycles. The molecule has 0 bridgehead atoms. The highest BCUT2D eigenvalue weighted by Crippen LogP contribution is 2.31. The monoisotopic (exact) mass is 341 g/mol. The third-order valence-electron chi connectivity index (χ3n) is 3.75. The van der Waals surface area contributed by atoms with Crippen LogP contribution in [0.15, 0.2) is 54.6 Å². The standard InChI is InChI=1S/C18H15NO4S/c20-16-10-15(24-11-17(21)22)18(23)19(16)14-8-6-13(7-9-14)12-4-2-1-3-5-12/h1-9,15H,10-11H2,(H,21,22). The van der Waals surface area contributed by atoms with Crippen LogP contribution in [0.4, 0.5) is 5.69 Å². The summed E-state index contributed by atoms with van der Waals surface area (Å²) in [6.07, 6.45) is 0.0389. The van der Waals surface area contributed by atoms with Gasteiger partial charge in [-0.05, 0) is 23.3 Å². The van der Waals surface area contributed by atoms with Crippen LogP contribution in [0.5, 0.6) is 0 Å². The fourth-order valence-corrected chi connectivity index (χ4v) is 3.46. The van der Waals surface area contributed by atoms with E-state index in [0.717, 1.165) is 27.8 Å². The molecule has 1 aliphatic rings. The van der Waals surface area contributed by atoms with Crippen LogP contribution in [0, 0.1) is 0 Å². The van der Waals surface area contributed by atoms with Crippen molar-refractivity contribution in [3.63, 3.8) is 0 Å². The number of hydrogen-bond donors (Lipinski definition) is 1. The molecule has 0 radical (unpaired) electrons. The Kier molecular flexibility index (Phi) is 4.66. The Balaban J connectivity index is 1.78. The zero-order valence-electron chi connectivity index (χ0n) is 12.7. The fraction of sp³-hybridized carbons (Fsp3) is 0.167. The first-order chi connectivity index (χ1) is 11.6. The van der Waals surface area contributed by atoms with Gasteiger partial charge in [0, 0.05) is 6.42 Å². The van der Waals surface area contributed by atoms with Crippen molar-refractivity contribution in [1.29, 1.82) is 0 Å². The van der Waals surface area contributed by atoms with E-state index in [4.69, 9.17) is 5.11 Å².